The van der Waals surface area contributed by atoms with Crippen molar-refractivity contribution in [3.8, 4) is 11.5 Å². The maximum atomic E-state index is 13.5. The summed E-state index contributed by atoms with van der Waals surface area (Å²) in [5.41, 5.74) is 1.15. The second kappa shape index (κ2) is 9.50. The molecule has 0 saturated carbocycles. The quantitative estimate of drug-likeness (QED) is 0.417. The number of rotatable bonds is 8. The average Bonchev–Trinajstić information content (AvgIpc) is 2.76. The molecule has 0 unspecified atom stereocenters. The first-order valence-corrected chi connectivity index (χ1v) is 8.88. The third-order valence-corrected chi connectivity index (χ3v) is 4.14. The van der Waals surface area contributed by atoms with Crippen LogP contribution in [0, 0.1) is 5.82 Å². The molecule has 29 heavy (non-hydrogen) atoms. The minimum Gasteiger partial charge on any atom is -0.496 e. The number of esters is 1. The first kappa shape index (κ1) is 20.1. The lowest BCUT2D eigenvalue weighted by Gasteiger charge is -2.12. The molecule has 0 aliphatic heterocycles. The molecule has 0 fully saturated rings. The predicted molar refractivity (Wildman–Crippen MR) is 105 cm³/mol. The number of halogens is 1. The fraction of sp³-hybridized carbons (Fsp3) is 0.130. The Bertz CT molecular complexity index is 1000. The van der Waals surface area contributed by atoms with E-state index in [1.807, 2.05) is 30.3 Å². The standard InChI is InChI=1S/C23H19FO5/c1-27-21-12-11-17(24)13-19(21)20(25)15-29-23(26)18-9-5-6-10-22(18)28-14-16-7-3-2-4-8-16/h2-13H,14-15H2,1H3. The Morgan fingerprint density at radius 2 is 1.59 bits per heavy atom. The van der Waals surface area contributed by atoms with Crippen LogP contribution >= 0.6 is 0 Å². The summed E-state index contributed by atoms with van der Waals surface area (Å²) >= 11 is 0. The number of carbonyl (C=O) groups excluding carboxylic acids is 2. The fourth-order valence-corrected chi connectivity index (χ4v) is 2.68. The number of methoxy groups -OCH3 is 1. The third-order valence-electron chi connectivity index (χ3n) is 4.14. The Morgan fingerprint density at radius 3 is 2.34 bits per heavy atom. The maximum Gasteiger partial charge on any atom is 0.342 e. The highest BCUT2D eigenvalue weighted by Crippen LogP contribution is 2.22. The molecule has 3 aromatic carbocycles. The lowest BCUT2D eigenvalue weighted by Crippen LogP contribution is -2.16. The van der Waals surface area contributed by atoms with Crippen LogP contribution in [-0.2, 0) is 11.3 Å². The van der Waals surface area contributed by atoms with Gasteiger partial charge in [-0.05, 0) is 35.9 Å². The topological polar surface area (TPSA) is 61.8 Å². The van der Waals surface area contributed by atoms with Crippen molar-refractivity contribution in [3.63, 3.8) is 0 Å². The molecule has 0 aliphatic rings. The highest BCUT2D eigenvalue weighted by atomic mass is 19.1. The first-order valence-electron chi connectivity index (χ1n) is 8.88. The molecular formula is C23H19FO5. The number of hydrogen-bond donors (Lipinski definition) is 0. The molecule has 148 valence electrons. The molecule has 6 heteroatoms. The molecule has 0 aromatic heterocycles. The Labute approximate surface area is 167 Å². The monoisotopic (exact) mass is 394 g/mol. The van der Waals surface area contributed by atoms with E-state index in [1.54, 1.807) is 24.3 Å². The van der Waals surface area contributed by atoms with Gasteiger partial charge in [-0.3, -0.25) is 4.79 Å². The largest absolute Gasteiger partial charge is 0.496 e. The molecule has 0 atom stereocenters. The number of carbonyl (C=O) groups is 2. The number of ketones is 1. The van der Waals surface area contributed by atoms with Crippen LogP contribution in [0.25, 0.3) is 0 Å². The number of benzene rings is 3. The van der Waals surface area contributed by atoms with Gasteiger partial charge in [-0.15, -0.1) is 0 Å². The smallest absolute Gasteiger partial charge is 0.342 e. The van der Waals surface area contributed by atoms with E-state index in [9.17, 15) is 14.0 Å². The Hall–Kier alpha value is -3.67. The first-order chi connectivity index (χ1) is 14.1. The van der Waals surface area contributed by atoms with Crippen LogP contribution in [0.4, 0.5) is 4.39 Å². The minimum atomic E-state index is -0.711. The number of Topliss-reactive ketones (excluding diaryl/α,β-unsaturated/α-hetero) is 1. The molecule has 0 aliphatic carbocycles. The molecule has 3 rings (SSSR count). The van der Waals surface area contributed by atoms with Crippen molar-refractivity contribution in [1.29, 1.82) is 0 Å². The highest BCUT2D eigenvalue weighted by Gasteiger charge is 2.18. The van der Waals surface area contributed by atoms with Gasteiger partial charge in [-0.2, -0.15) is 0 Å². The van der Waals surface area contributed by atoms with E-state index in [0.29, 0.717) is 5.75 Å². The fourth-order valence-electron chi connectivity index (χ4n) is 2.68. The van der Waals surface area contributed by atoms with Gasteiger partial charge in [-0.1, -0.05) is 42.5 Å². The van der Waals surface area contributed by atoms with Crippen LogP contribution in [0.15, 0.2) is 72.8 Å². The van der Waals surface area contributed by atoms with Crippen molar-refractivity contribution in [2.45, 2.75) is 6.61 Å². The summed E-state index contributed by atoms with van der Waals surface area (Å²) in [6.45, 7) is -0.268. The summed E-state index contributed by atoms with van der Waals surface area (Å²) in [5.74, 6) is -1.31. The number of para-hydroxylation sites is 1. The van der Waals surface area contributed by atoms with E-state index in [-0.39, 0.29) is 23.5 Å². The predicted octanol–water partition coefficient (Wildman–Crippen LogP) is 4.45. The molecular weight excluding hydrogens is 375 g/mol. The zero-order valence-corrected chi connectivity index (χ0v) is 15.8. The molecule has 0 heterocycles. The Morgan fingerprint density at radius 1 is 0.862 bits per heavy atom. The summed E-state index contributed by atoms with van der Waals surface area (Å²) in [6, 6.07) is 19.7. The molecule has 0 amide bonds. The van der Waals surface area contributed by atoms with E-state index >= 15 is 0 Å². The number of ether oxygens (including phenoxy) is 3. The van der Waals surface area contributed by atoms with E-state index in [4.69, 9.17) is 14.2 Å². The van der Waals surface area contributed by atoms with E-state index in [1.165, 1.54) is 19.2 Å². The number of hydrogen-bond acceptors (Lipinski definition) is 5. The van der Waals surface area contributed by atoms with Gasteiger partial charge in [0.15, 0.2) is 6.61 Å². The molecule has 3 aromatic rings. The maximum absolute atomic E-state index is 13.5. The van der Waals surface area contributed by atoms with Gasteiger partial charge < -0.3 is 14.2 Å². The minimum absolute atomic E-state index is 0.00825. The zero-order chi connectivity index (χ0) is 20.6. The van der Waals surface area contributed by atoms with Crippen LogP contribution < -0.4 is 9.47 Å². The van der Waals surface area contributed by atoms with Crippen molar-refractivity contribution in [3.05, 3.63) is 95.3 Å². The third kappa shape index (κ3) is 5.19. The zero-order valence-electron chi connectivity index (χ0n) is 15.8. The second-order valence-corrected chi connectivity index (χ2v) is 6.11. The van der Waals surface area contributed by atoms with Gasteiger partial charge in [0.05, 0.1) is 12.7 Å². The Kier molecular flexibility index (Phi) is 6.58. The van der Waals surface area contributed by atoms with Crippen LogP contribution in [0.5, 0.6) is 11.5 Å². The van der Waals surface area contributed by atoms with E-state index in [2.05, 4.69) is 0 Å². The van der Waals surface area contributed by atoms with Crippen molar-refractivity contribution in [1.82, 2.24) is 0 Å². The van der Waals surface area contributed by atoms with Gasteiger partial charge in [0.2, 0.25) is 5.78 Å². The lowest BCUT2D eigenvalue weighted by atomic mass is 10.1. The van der Waals surface area contributed by atoms with Crippen molar-refractivity contribution < 1.29 is 28.2 Å². The van der Waals surface area contributed by atoms with Crippen LogP contribution in [0.1, 0.15) is 26.3 Å². The highest BCUT2D eigenvalue weighted by molar-refractivity contribution is 6.01. The molecule has 0 radical (unpaired) electrons. The molecule has 0 N–H and O–H groups in total. The van der Waals surface area contributed by atoms with E-state index < -0.39 is 24.2 Å². The summed E-state index contributed by atoms with van der Waals surface area (Å²) < 4.78 is 29.4. The van der Waals surface area contributed by atoms with Crippen LogP contribution in [-0.4, -0.2) is 25.5 Å². The Balaban J connectivity index is 1.67. The van der Waals surface area contributed by atoms with Gasteiger partial charge in [-0.25, -0.2) is 9.18 Å². The van der Waals surface area contributed by atoms with Crippen molar-refractivity contribution in [2.75, 3.05) is 13.7 Å². The van der Waals surface area contributed by atoms with Crippen molar-refractivity contribution >= 4 is 11.8 Å². The van der Waals surface area contributed by atoms with Gasteiger partial charge >= 0.3 is 5.97 Å². The SMILES string of the molecule is COc1ccc(F)cc1C(=O)COC(=O)c1ccccc1OCc1ccccc1. The summed E-state index contributed by atoms with van der Waals surface area (Å²) in [6.07, 6.45) is 0. The molecule has 0 bridgehead atoms. The van der Waals surface area contributed by atoms with Gasteiger partial charge in [0, 0.05) is 0 Å². The average molecular weight is 394 g/mol. The second-order valence-electron chi connectivity index (χ2n) is 6.11. The van der Waals surface area contributed by atoms with Crippen molar-refractivity contribution in [2.24, 2.45) is 0 Å². The van der Waals surface area contributed by atoms with Gasteiger partial charge in [0.25, 0.3) is 0 Å². The molecule has 0 saturated heterocycles. The summed E-state index contributed by atoms with van der Waals surface area (Å²) in [5, 5.41) is 0. The lowest BCUT2D eigenvalue weighted by molar-refractivity contribution is 0.0469. The molecule has 0 spiro atoms. The normalized spacial score (nSPS) is 10.3. The van der Waals surface area contributed by atoms with Crippen LogP contribution in [0.2, 0.25) is 0 Å². The van der Waals surface area contributed by atoms with Gasteiger partial charge in [0.1, 0.15) is 29.5 Å². The molecule has 5 nitrogen and oxygen atoms in total. The summed E-state index contributed by atoms with van der Waals surface area (Å²) in [7, 11) is 1.37. The summed E-state index contributed by atoms with van der Waals surface area (Å²) in [4.78, 5) is 24.8. The van der Waals surface area contributed by atoms with Crippen LogP contribution in [0.3, 0.4) is 0 Å². The van der Waals surface area contributed by atoms with E-state index in [0.717, 1.165) is 11.6 Å².